The van der Waals surface area contributed by atoms with E-state index in [2.05, 4.69) is 10.0 Å². The molecule has 96 valence electrons. The van der Waals surface area contributed by atoms with Crippen LogP contribution in [0.4, 0.5) is 8.78 Å². The van der Waals surface area contributed by atoms with Crippen LogP contribution in [0.3, 0.4) is 0 Å². The van der Waals surface area contributed by atoms with E-state index in [0.717, 1.165) is 6.26 Å². The highest BCUT2D eigenvalue weighted by atomic mass is 32.2. The quantitative estimate of drug-likeness (QED) is 0.766. The van der Waals surface area contributed by atoms with Gasteiger partial charge in [0.1, 0.15) is 0 Å². The smallest absolute Gasteiger partial charge is 0.257 e. The van der Waals surface area contributed by atoms with E-state index in [4.69, 9.17) is 0 Å². The number of nitrogens with one attached hydrogen (secondary N) is 2. The lowest BCUT2D eigenvalue weighted by Crippen LogP contribution is -2.54. The van der Waals surface area contributed by atoms with Gasteiger partial charge < -0.3 is 5.32 Å². The van der Waals surface area contributed by atoms with Gasteiger partial charge in [0.05, 0.1) is 6.26 Å². The van der Waals surface area contributed by atoms with Crippen LogP contribution in [-0.2, 0) is 10.0 Å². The van der Waals surface area contributed by atoms with E-state index < -0.39 is 27.8 Å². The third-order valence-corrected chi connectivity index (χ3v) is 3.65. The zero-order valence-corrected chi connectivity index (χ0v) is 10.3. The molecule has 0 spiro atoms. The zero-order valence-electron chi connectivity index (χ0n) is 9.46. The molecule has 4 nitrogen and oxygen atoms in total. The summed E-state index contributed by atoms with van der Waals surface area (Å²) in [4.78, 5) is 0. The van der Waals surface area contributed by atoms with E-state index in [1.807, 2.05) is 0 Å². The lowest BCUT2D eigenvalue weighted by atomic mass is 9.84. The van der Waals surface area contributed by atoms with Crippen LogP contribution < -0.4 is 10.0 Å². The molecule has 0 aliphatic carbocycles. The monoisotopic (exact) mass is 256 g/mol. The molecule has 0 aromatic rings. The normalized spacial score (nSPS) is 30.2. The molecule has 2 N–H and O–H groups in total. The predicted molar refractivity (Wildman–Crippen MR) is 57.9 cm³/mol. The highest BCUT2D eigenvalue weighted by Crippen LogP contribution is 2.36. The Morgan fingerprint density at radius 3 is 2.44 bits per heavy atom. The number of alkyl halides is 2. The molecular weight excluding hydrogens is 238 g/mol. The van der Waals surface area contributed by atoms with Crippen LogP contribution in [0, 0.1) is 11.8 Å². The van der Waals surface area contributed by atoms with Crippen molar-refractivity contribution in [1.82, 2.24) is 10.0 Å². The number of halogens is 2. The van der Waals surface area contributed by atoms with E-state index in [1.54, 1.807) is 6.92 Å². The first-order valence-corrected chi connectivity index (χ1v) is 7.19. The Hall–Kier alpha value is -0.270. The summed E-state index contributed by atoms with van der Waals surface area (Å²) in [5.41, 5.74) is 0. The van der Waals surface area contributed by atoms with Crippen LogP contribution in [0.5, 0.6) is 0 Å². The summed E-state index contributed by atoms with van der Waals surface area (Å²) in [7, 11) is -3.41. The van der Waals surface area contributed by atoms with Crippen LogP contribution in [0.25, 0.3) is 0 Å². The fourth-order valence-corrected chi connectivity index (χ4v) is 2.42. The largest absolute Gasteiger partial charge is 0.316 e. The topological polar surface area (TPSA) is 58.2 Å². The van der Waals surface area contributed by atoms with Gasteiger partial charge in [-0.05, 0) is 6.42 Å². The Balaban J connectivity index is 2.65. The lowest BCUT2D eigenvalue weighted by molar-refractivity contribution is -0.121. The summed E-state index contributed by atoms with van der Waals surface area (Å²) >= 11 is 0. The van der Waals surface area contributed by atoms with Crippen molar-refractivity contribution >= 4 is 10.0 Å². The first-order chi connectivity index (χ1) is 7.27. The molecule has 1 saturated heterocycles. The van der Waals surface area contributed by atoms with Crippen molar-refractivity contribution in [1.29, 1.82) is 0 Å². The molecule has 2 atom stereocenters. The van der Waals surface area contributed by atoms with Crippen molar-refractivity contribution in [2.75, 3.05) is 25.9 Å². The second kappa shape index (κ2) is 4.93. The molecule has 0 amide bonds. The predicted octanol–water partition coefficient (Wildman–Crippen LogP) is 0.417. The number of sulfonamides is 1. The molecule has 1 rings (SSSR count). The van der Waals surface area contributed by atoms with Gasteiger partial charge in [-0.2, -0.15) is 0 Å². The third-order valence-electron chi connectivity index (χ3n) is 2.95. The molecule has 1 aliphatic heterocycles. The van der Waals surface area contributed by atoms with Crippen molar-refractivity contribution in [2.24, 2.45) is 11.8 Å². The van der Waals surface area contributed by atoms with Crippen molar-refractivity contribution in [3.05, 3.63) is 0 Å². The number of hydrogen-bond donors (Lipinski definition) is 2. The lowest BCUT2D eigenvalue weighted by Gasteiger charge is -2.38. The zero-order chi connectivity index (χ0) is 12.4. The van der Waals surface area contributed by atoms with E-state index in [9.17, 15) is 17.2 Å². The van der Waals surface area contributed by atoms with Gasteiger partial charge in [-0.25, -0.2) is 21.9 Å². The van der Waals surface area contributed by atoms with E-state index in [-0.39, 0.29) is 13.1 Å². The first-order valence-electron chi connectivity index (χ1n) is 5.30. The van der Waals surface area contributed by atoms with E-state index in [1.165, 1.54) is 0 Å². The van der Waals surface area contributed by atoms with E-state index in [0.29, 0.717) is 13.0 Å². The molecule has 1 aliphatic rings. The molecule has 0 radical (unpaired) electrons. The average Bonchev–Trinajstić information content (AvgIpc) is 2.13. The Morgan fingerprint density at radius 2 is 1.94 bits per heavy atom. The number of hydrogen-bond acceptors (Lipinski definition) is 3. The average molecular weight is 256 g/mol. The minimum atomic E-state index is -3.41. The maximum absolute atomic E-state index is 13.8. The maximum atomic E-state index is 13.8. The molecule has 16 heavy (non-hydrogen) atoms. The summed E-state index contributed by atoms with van der Waals surface area (Å²) in [5, 5.41) is 2.91. The Kier molecular flexibility index (Phi) is 4.25. The maximum Gasteiger partial charge on any atom is 0.257 e. The summed E-state index contributed by atoms with van der Waals surface area (Å²) in [6.07, 6.45) is 1.36. The van der Waals surface area contributed by atoms with Gasteiger partial charge in [0, 0.05) is 31.5 Å². The highest BCUT2D eigenvalue weighted by molar-refractivity contribution is 7.88. The second-order valence-electron chi connectivity index (χ2n) is 4.26. The molecule has 1 fully saturated rings. The molecule has 0 aromatic carbocycles. The minimum absolute atomic E-state index is 0.145. The fourth-order valence-electron chi connectivity index (χ4n) is 1.91. The van der Waals surface area contributed by atoms with Crippen LogP contribution >= 0.6 is 0 Å². The van der Waals surface area contributed by atoms with Crippen molar-refractivity contribution < 1.29 is 17.2 Å². The summed E-state index contributed by atoms with van der Waals surface area (Å²) in [5.74, 6) is -4.49. The van der Waals surface area contributed by atoms with Crippen LogP contribution in [-0.4, -0.2) is 40.2 Å². The van der Waals surface area contributed by atoms with Gasteiger partial charge in [0.15, 0.2) is 0 Å². The van der Waals surface area contributed by atoms with Gasteiger partial charge in [0.25, 0.3) is 5.92 Å². The molecule has 0 saturated carbocycles. The SMILES string of the molecule is CCC1CNCC(CNS(C)(=O)=O)C1(F)F. The standard InChI is InChI=1S/C9H18F2N2O2S/c1-3-7-4-12-5-8(9(7,10)11)6-13-16(2,14)15/h7-8,12-13H,3-6H2,1-2H3. The fraction of sp³-hybridized carbons (Fsp3) is 1.00. The van der Waals surface area contributed by atoms with Crippen LogP contribution in [0.2, 0.25) is 0 Å². The summed E-state index contributed by atoms with van der Waals surface area (Å²) in [6.45, 7) is 1.94. The van der Waals surface area contributed by atoms with Crippen molar-refractivity contribution in [3.63, 3.8) is 0 Å². The van der Waals surface area contributed by atoms with Crippen molar-refractivity contribution in [2.45, 2.75) is 19.3 Å². The molecule has 7 heteroatoms. The first kappa shape index (κ1) is 13.8. The van der Waals surface area contributed by atoms with Crippen LogP contribution in [0.1, 0.15) is 13.3 Å². The molecule has 2 unspecified atom stereocenters. The summed E-state index contributed by atoms with van der Waals surface area (Å²) in [6, 6.07) is 0. The van der Waals surface area contributed by atoms with Gasteiger partial charge in [-0.15, -0.1) is 0 Å². The van der Waals surface area contributed by atoms with Gasteiger partial charge in [-0.1, -0.05) is 6.92 Å². The molecular formula is C9H18F2N2O2S. The second-order valence-corrected chi connectivity index (χ2v) is 6.09. The van der Waals surface area contributed by atoms with Gasteiger partial charge >= 0.3 is 0 Å². The molecule has 0 bridgehead atoms. The molecule has 0 aromatic heterocycles. The third kappa shape index (κ3) is 3.36. The molecule has 1 heterocycles. The van der Waals surface area contributed by atoms with Crippen LogP contribution in [0.15, 0.2) is 0 Å². The summed E-state index contributed by atoms with van der Waals surface area (Å²) < 4.78 is 51.5. The Bertz CT molecular complexity index is 332. The van der Waals surface area contributed by atoms with Crippen molar-refractivity contribution in [3.8, 4) is 0 Å². The Morgan fingerprint density at radius 1 is 1.38 bits per heavy atom. The minimum Gasteiger partial charge on any atom is -0.316 e. The van der Waals surface area contributed by atoms with Gasteiger partial charge in [-0.3, -0.25) is 0 Å². The number of piperidine rings is 1. The van der Waals surface area contributed by atoms with E-state index >= 15 is 0 Å². The highest BCUT2D eigenvalue weighted by Gasteiger charge is 2.48. The Labute approximate surface area is 94.8 Å². The van der Waals surface area contributed by atoms with Gasteiger partial charge in [0.2, 0.25) is 10.0 Å². The number of rotatable bonds is 4.